The lowest BCUT2D eigenvalue weighted by Gasteiger charge is -2.23. The molecular formula is C23H33NOS. The quantitative estimate of drug-likeness (QED) is 0.611. The molecule has 2 rings (SSSR count). The fraction of sp³-hybridized carbons (Fsp3) is 0.478. The molecule has 2 aromatic carbocycles. The Morgan fingerprint density at radius 1 is 1.04 bits per heavy atom. The van der Waals surface area contributed by atoms with Gasteiger partial charge in [0, 0.05) is 34.6 Å². The maximum absolute atomic E-state index is 10.2. The van der Waals surface area contributed by atoms with E-state index in [-0.39, 0.29) is 5.41 Å². The van der Waals surface area contributed by atoms with Crippen molar-refractivity contribution in [1.82, 2.24) is 0 Å². The second-order valence-electron chi connectivity index (χ2n) is 8.21. The molecule has 0 saturated heterocycles. The normalized spacial score (nSPS) is 11.7. The molecular weight excluding hydrogens is 338 g/mol. The fourth-order valence-electron chi connectivity index (χ4n) is 3.13. The number of anilines is 1. The molecule has 1 N–H and O–H groups in total. The first-order chi connectivity index (χ1) is 12.1. The smallest absolute Gasteiger partial charge is 0.119 e. The zero-order chi connectivity index (χ0) is 19.5. The monoisotopic (exact) mass is 371 g/mol. The molecule has 0 saturated carbocycles. The molecule has 0 aromatic heterocycles. The highest BCUT2D eigenvalue weighted by Crippen LogP contribution is 2.39. The summed E-state index contributed by atoms with van der Waals surface area (Å²) in [6.45, 7) is 14.1. The van der Waals surface area contributed by atoms with Gasteiger partial charge in [-0.15, -0.1) is 0 Å². The minimum absolute atomic E-state index is 0.0728. The predicted octanol–water partition coefficient (Wildman–Crippen LogP) is 6.69. The number of hydrogen-bond donors (Lipinski definition) is 1. The van der Waals surface area contributed by atoms with Crippen LogP contribution in [0, 0.1) is 13.8 Å². The second-order valence-corrected chi connectivity index (χ2v) is 9.30. The Hall–Kier alpha value is -1.61. The van der Waals surface area contributed by atoms with Crippen molar-refractivity contribution in [3.63, 3.8) is 0 Å². The van der Waals surface area contributed by atoms with Gasteiger partial charge in [-0.05, 0) is 67.1 Å². The molecule has 26 heavy (non-hydrogen) atoms. The van der Waals surface area contributed by atoms with Gasteiger partial charge >= 0.3 is 0 Å². The minimum Gasteiger partial charge on any atom is -0.508 e. The van der Waals surface area contributed by atoms with Gasteiger partial charge in [-0.2, -0.15) is 0 Å². The molecule has 0 spiro atoms. The summed E-state index contributed by atoms with van der Waals surface area (Å²) in [6, 6.07) is 10.5. The van der Waals surface area contributed by atoms with Gasteiger partial charge < -0.3 is 10.0 Å². The summed E-state index contributed by atoms with van der Waals surface area (Å²) in [6.07, 6.45) is 2.43. The molecule has 2 nitrogen and oxygen atoms in total. The third-order valence-corrected chi connectivity index (χ3v) is 6.07. The Balaban J connectivity index is 2.30. The number of aromatic hydroxyl groups is 1. The highest BCUT2D eigenvalue weighted by molar-refractivity contribution is 7.99. The third kappa shape index (κ3) is 4.97. The molecule has 0 atom stereocenters. The van der Waals surface area contributed by atoms with E-state index in [1.807, 2.05) is 12.1 Å². The van der Waals surface area contributed by atoms with E-state index >= 15 is 0 Å². The molecule has 0 bridgehead atoms. The molecule has 3 heteroatoms. The lowest BCUT2D eigenvalue weighted by atomic mass is 9.86. The number of phenolic OH excluding ortho intramolecular Hbond substituents is 1. The van der Waals surface area contributed by atoms with Crippen LogP contribution in [0.5, 0.6) is 5.75 Å². The SMILES string of the molecule is CCCCN(C)c1cc(C)c(Sc2ccc(O)c(C(C)(C)C)c2)c(C)c1. The van der Waals surface area contributed by atoms with E-state index in [1.54, 1.807) is 11.8 Å². The van der Waals surface area contributed by atoms with E-state index in [9.17, 15) is 5.11 Å². The van der Waals surface area contributed by atoms with E-state index in [0.717, 1.165) is 12.1 Å². The topological polar surface area (TPSA) is 23.5 Å². The predicted molar refractivity (Wildman–Crippen MR) is 115 cm³/mol. The first-order valence-corrected chi connectivity index (χ1v) is 10.3. The number of unbranched alkanes of at least 4 members (excludes halogenated alkanes) is 1. The first-order valence-electron chi connectivity index (χ1n) is 9.47. The van der Waals surface area contributed by atoms with Crippen molar-refractivity contribution in [3.05, 3.63) is 47.0 Å². The Kier molecular flexibility index (Phi) is 6.68. The van der Waals surface area contributed by atoms with Crippen molar-refractivity contribution >= 4 is 17.4 Å². The van der Waals surface area contributed by atoms with E-state index in [2.05, 4.69) is 71.7 Å². The van der Waals surface area contributed by atoms with Gasteiger partial charge in [0.2, 0.25) is 0 Å². The number of benzene rings is 2. The molecule has 0 radical (unpaired) electrons. The summed E-state index contributed by atoms with van der Waals surface area (Å²) in [4.78, 5) is 4.82. The molecule has 0 fully saturated rings. The number of hydrogen-bond acceptors (Lipinski definition) is 3. The molecule has 0 heterocycles. The zero-order valence-corrected chi connectivity index (χ0v) is 18.1. The lowest BCUT2D eigenvalue weighted by Crippen LogP contribution is -2.18. The van der Waals surface area contributed by atoms with Crippen LogP contribution in [0.15, 0.2) is 40.1 Å². The Labute approximate surface area is 163 Å². The van der Waals surface area contributed by atoms with Gasteiger partial charge in [0.1, 0.15) is 5.75 Å². The van der Waals surface area contributed by atoms with Crippen molar-refractivity contribution in [1.29, 1.82) is 0 Å². The van der Waals surface area contributed by atoms with Crippen LogP contribution >= 0.6 is 11.8 Å². The van der Waals surface area contributed by atoms with Gasteiger partial charge in [-0.1, -0.05) is 45.9 Å². The van der Waals surface area contributed by atoms with Crippen molar-refractivity contribution in [2.75, 3.05) is 18.5 Å². The van der Waals surface area contributed by atoms with Gasteiger partial charge in [0.15, 0.2) is 0 Å². The maximum atomic E-state index is 10.2. The van der Waals surface area contributed by atoms with Gasteiger partial charge in [0.25, 0.3) is 0 Å². The van der Waals surface area contributed by atoms with E-state index in [0.29, 0.717) is 5.75 Å². The largest absolute Gasteiger partial charge is 0.508 e. The Morgan fingerprint density at radius 3 is 2.19 bits per heavy atom. The molecule has 0 aliphatic heterocycles. The summed E-state index contributed by atoms with van der Waals surface area (Å²) in [7, 11) is 2.17. The van der Waals surface area contributed by atoms with Crippen LogP contribution in [0.25, 0.3) is 0 Å². The zero-order valence-electron chi connectivity index (χ0n) is 17.3. The number of aryl methyl sites for hydroxylation is 2. The van der Waals surface area contributed by atoms with Crippen LogP contribution in [0.1, 0.15) is 57.2 Å². The average Bonchev–Trinajstić information content (AvgIpc) is 2.56. The van der Waals surface area contributed by atoms with E-state index in [1.165, 1.54) is 39.4 Å². The van der Waals surface area contributed by atoms with Gasteiger partial charge in [-0.3, -0.25) is 0 Å². The highest BCUT2D eigenvalue weighted by Gasteiger charge is 2.19. The highest BCUT2D eigenvalue weighted by atomic mass is 32.2. The van der Waals surface area contributed by atoms with Crippen LogP contribution in [0.4, 0.5) is 5.69 Å². The fourth-order valence-corrected chi connectivity index (χ4v) is 4.12. The van der Waals surface area contributed by atoms with Gasteiger partial charge in [-0.25, -0.2) is 0 Å². The van der Waals surface area contributed by atoms with Crippen molar-refractivity contribution in [2.24, 2.45) is 0 Å². The molecule has 0 aliphatic carbocycles. The Bertz CT molecular complexity index is 738. The summed E-state index contributed by atoms with van der Waals surface area (Å²) in [5.41, 5.74) is 4.82. The van der Waals surface area contributed by atoms with Crippen molar-refractivity contribution < 1.29 is 5.11 Å². The summed E-state index contributed by atoms with van der Waals surface area (Å²) in [5, 5.41) is 10.2. The minimum atomic E-state index is -0.0728. The number of nitrogens with zero attached hydrogens (tertiary/aromatic N) is 1. The Morgan fingerprint density at radius 2 is 1.65 bits per heavy atom. The standard InChI is InChI=1S/C23H33NOS/c1-8-9-12-24(7)18-13-16(2)22(17(3)14-18)26-19-10-11-21(25)20(15-19)23(4,5)6/h10-11,13-15,25H,8-9,12H2,1-7H3. The summed E-state index contributed by atoms with van der Waals surface area (Å²) in [5.74, 6) is 0.378. The molecule has 0 aliphatic rings. The van der Waals surface area contributed by atoms with Crippen LogP contribution in [-0.2, 0) is 5.41 Å². The molecule has 0 amide bonds. The van der Waals surface area contributed by atoms with E-state index < -0.39 is 0 Å². The summed E-state index contributed by atoms with van der Waals surface area (Å²) < 4.78 is 0. The van der Waals surface area contributed by atoms with Crippen LogP contribution < -0.4 is 4.90 Å². The third-order valence-electron chi connectivity index (χ3n) is 4.73. The average molecular weight is 372 g/mol. The first kappa shape index (κ1) is 20.7. The maximum Gasteiger partial charge on any atom is 0.119 e. The molecule has 2 aromatic rings. The van der Waals surface area contributed by atoms with Crippen LogP contribution in [0.2, 0.25) is 0 Å². The molecule has 142 valence electrons. The van der Waals surface area contributed by atoms with Crippen molar-refractivity contribution in [3.8, 4) is 5.75 Å². The number of phenols is 1. The van der Waals surface area contributed by atoms with Gasteiger partial charge in [0.05, 0.1) is 0 Å². The van der Waals surface area contributed by atoms with Crippen LogP contribution in [-0.4, -0.2) is 18.7 Å². The van der Waals surface area contributed by atoms with Crippen LogP contribution in [0.3, 0.4) is 0 Å². The van der Waals surface area contributed by atoms with E-state index in [4.69, 9.17) is 0 Å². The molecule has 0 unspecified atom stereocenters. The summed E-state index contributed by atoms with van der Waals surface area (Å²) >= 11 is 1.79. The van der Waals surface area contributed by atoms with Crippen molar-refractivity contribution in [2.45, 2.75) is 69.6 Å². The second kappa shape index (κ2) is 8.39. The number of rotatable bonds is 6. The lowest BCUT2D eigenvalue weighted by molar-refractivity contribution is 0.446.